The number of benzene rings is 2. The number of nitriles is 1. The monoisotopic (exact) mass is 475 g/mol. The van der Waals surface area contributed by atoms with Gasteiger partial charge in [-0.05, 0) is 42.5 Å². The lowest BCUT2D eigenvalue weighted by Crippen LogP contribution is -2.49. The zero-order valence-corrected chi connectivity index (χ0v) is 19.3. The fraction of sp³-hybridized carbons (Fsp3) is 0.192. The van der Waals surface area contributed by atoms with Crippen molar-refractivity contribution in [3.05, 3.63) is 82.6 Å². The van der Waals surface area contributed by atoms with Crippen LogP contribution in [-0.4, -0.2) is 50.1 Å². The number of hydrogen-bond donors (Lipinski definition) is 0. The van der Waals surface area contributed by atoms with Crippen LogP contribution >= 0.6 is 11.6 Å². The summed E-state index contributed by atoms with van der Waals surface area (Å²) in [6, 6.07) is 20.1. The van der Waals surface area contributed by atoms with E-state index in [2.05, 4.69) is 4.90 Å². The van der Waals surface area contributed by atoms with Crippen molar-refractivity contribution in [1.29, 1.82) is 5.26 Å². The van der Waals surface area contributed by atoms with Gasteiger partial charge in [0, 0.05) is 43.5 Å². The maximum absolute atomic E-state index is 13.0. The Morgan fingerprint density at radius 1 is 1.06 bits per heavy atom. The predicted octanol–water partition coefficient (Wildman–Crippen LogP) is 4.64. The molecule has 7 nitrogen and oxygen atoms in total. The molecule has 4 rings (SSSR count). The summed E-state index contributed by atoms with van der Waals surface area (Å²) < 4.78 is 10.6. The first-order valence-electron chi connectivity index (χ1n) is 10.7. The second-order valence-electron chi connectivity index (χ2n) is 7.67. The van der Waals surface area contributed by atoms with Gasteiger partial charge in [0.2, 0.25) is 0 Å². The molecule has 2 heterocycles. The fourth-order valence-electron chi connectivity index (χ4n) is 3.80. The quantitative estimate of drug-likeness (QED) is 0.303. The molecule has 1 aromatic heterocycles. The highest BCUT2D eigenvalue weighted by Gasteiger charge is 2.24. The van der Waals surface area contributed by atoms with Crippen molar-refractivity contribution < 1.29 is 18.7 Å². The molecule has 1 amide bonds. The molecule has 0 atom stereocenters. The molecule has 0 unspecified atom stereocenters. The van der Waals surface area contributed by atoms with Gasteiger partial charge in [-0.2, -0.15) is 5.26 Å². The van der Waals surface area contributed by atoms with Gasteiger partial charge < -0.3 is 19.0 Å². The van der Waals surface area contributed by atoms with Crippen molar-refractivity contribution in [2.24, 2.45) is 0 Å². The summed E-state index contributed by atoms with van der Waals surface area (Å²) in [5.41, 5.74) is 1.94. The van der Waals surface area contributed by atoms with Crippen LogP contribution in [0.25, 0.3) is 17.4 Å². The second kappa shape index (κ2) is 10.3. The third-order valence-electron chi connectivity index (χ3n) is 5.61. The molecule has 3 aromatic rings. The Morgan fingerprint density at radius 2 is 1.79 bits per heavy atom. The highest BCUT2D eigenvalue weighted by molar-refractivity contribution is 6.33. The van der Waals surface area contributed by atoms with Crippen LogP contribution in [0.5, 0.6) is 0 Å². The molecule has 0 N–H and O–H groups in total. The fourth-order valence-corrected chi connectivity index (χ4v) is 4.01. The number of halogens is 1. The summed E-state index contributed by atoms with van der Waals surface area (Å²) in [6.07, 6.45) is 1.42. The average Bonchev–Trinajstić information content (AvgIpc) is 3.35. The molecular weight excluding hydrogens is 454 g/mol. The summed E-state index contributed by atoms with van der Waals surface area (Å²) in [7, 11) is 1.30. The van der Waals surface area contributed by atoms with E-state index in [9.17, 15) is 14.9 Å². The number of amides is 1. The number of furan rings is 1. The molecule has 0 saturated carbocycles. The maximum atomic E-state index is 13.0. The van der Waals surface area contributed by atoms with Crippen molar-refractivity contribution >= 4 is 35.2 Å². The first-order valence-corrected chi connectivity index (χ1v) is 11.1. The van der Waals surface area contributed by atoms with Crippen LogP contribution in [0, 0.1) is 11.3 Å². The molecule has 1 aliphatic rings. The van der Waals surface area contributed by atoms with Crippen LogP contribution in [0.3, 0.4) is 0 Å². The van der Waals surface area contributed by atoms with Crippen LogP contribution in [0.15, 0.2) is 70.7 Å². The van der Waals surface area contributed by atoms with Crippen LogP contribution < -0.4 is 4.90 Å². The number of para-hydroxylation sites is 1. The van der Waals surface area contributed by atoms with Crippen molar-refractivity contribution in [2.75, 3.05) is 38.2 Å². The number of piperazine rings is 1. The van der Waals surface area contributed by atoms with Gasteiger partial charge in [0.05, 0.1) is 17.7 Å². The Bertz CT molecular complexity index is 1270. The van der Waals surface area contributed by atoms with Crippen LogP contribution in [0.2, 0.25) is 5.02 Å². The normalized spacial score (nSPS) is 14.0. The smallest absolute Gasteiger partial charge is 0.337 e. The molecule has 0 radical (unpaired) electrons. The summed E-state index contributed by atoms with van der Waals surface area (Å²) in [5, 5.41) is 10.0. The summed E-state index contributed by atoms with van der Waals surface area (Å²) in [6.45, 7) is 2.42. The molecule has 1 saturated heterocycles. The number of nitrogens with zero attached hydrogens (tertiary/aromatic N) is 3. The van der Waals surface area contributed by atoms with Crippen LogP contribution in [-0.2, 0) is 9.53 Å². The molecule has 2 aromatic carbocycles. The van der Waals surface area contributed by atoms with Gasteiger partial charge in [0.25, 0.3) is 5.91 Å². The molecular formula is C26H22ClN3O4. The Hall–Kier alpha value is -4.02. The number of carbonyl (C=O) groups is 2. The molecule has 0 aliphatic carbocycles. The summed E-state index contributed by atoms with van der Waals surface area (Å²) >= 11 is 6.28. The second-order valence-corrected chi connectivity index (χ2v) is 8.08. The minimum atomic E-state index is -0.491. The zero-order chi connectivity index (χ0) is 24.1. The van der Waals surface area contributed by atoms with Gasteiger partial charge in [-0.3, -0.25) is 4.79 Å². The van der Waals surface area contributed by atoms with Gasteiger partial charge in [-0.1, -0.05) is 29.8 Å². The van der Waals surface area contributed by atoms with E-state index in [1.807, 2.05) is 36.4 Å². The van der Waals surface area contributed by atoms with E-state index in [1.165, 1.54) is 13.2 Å². The highest BCUT2D eigenvalue weighted by atomic mass is 35.5. The van der Waals surface area contributed by atoms with Gasteiger partial charge in [-0.25, -0.2) is 4.79 Å². The highest BCUT2D eigenvalue weighted by Crippen LogP contribution is 2.31. The summed E-state index contributed by atoms with van der Waals surface area (Å²) in [4.78, 5) is 28.7. The number of anilines is 1. The van der Waals surface area contributed by atoms with E-state index < -0.39 is 5.97 Å². The van der Waals surface area contributed by atoms with Gasteiger partial charge in [0.1, 0.15) is 23.2 Å². The lowest BCUT2D eigenvalue weighted by Gasteiger charge is -2.36. The first-order chi connectivity index (χ1) is 16.5. The minimum Gasteiger partial charge on any atom is -0.465 e. The summed E-state index contributed by atoms with van der Waals surface area (Å²) in [5.74, 6) is -0.0845. The van der Waals surface area contributed by atoms with E-state index in [1.54, 1.807) is 35.2 Å². The van der Waals surface area contributed by atoms with Crippen LogP contribution in [0.1, 0.15) is 16.1 Å². The van der Waals surface area contributed by atoms with Crippen molar-refractivity contribution in [3.63, 3.8) is 0 Å². The topological polar surface area (TPSA) is 86.8 Å². The number of carbonyl (C=O) groups excluding carboxylic acids is 2. The lowest BCUT2D eigenvalue weighted by atomic mass is 10.1. The van der Waals surface area contributed by atoms with E-state index in [4.69, 9.17) is 20.8 Å². The number of rotatable bonds is 5. The molecule has 172 valence electrons. The maximum Gasteiger partial charge on any atom is 0.337 e. The Kier molecular flexibility index (Phi) is 7.00. The third-order valence-corrected chi connectivity index (χ3v) is 5.93. The standard InChI is InChI=1S/C26H22ClN3O4/c1-33-26(32)18-7-9-23(27)22(16-18)24-10-8-21(34-24)15-19(17-28)25(31)30-13-11-29(12-14-30)20-5-3-2-4-6-20/h2-10,15-16H,11-14H2,1H3/b19-15-. The largest absolute Gasteiger partial charge is 0.465 e. The average molecular weight is 476 g/mol. The predicted molar refractivity (Wildman–Crippen MR) is 129 cm³/mol. The minimum absolute atomic E-state index is 0.0107. The van der Waals surface area contributed by atoms with Gasteiger partial charge >= 0.3 is 5.97 Å². The SMILES string of the molecule is COC(=O)c1ccc(Cl)c(-c2ccc(/C=C(/C#N)C(=O)N3CCN(c4ccccc4)CC3)o2)c1. The Morgan fingerprint density at radius 3 is 2.47 bits per heavy atom. The van der Waals surface area contributed by atoms with E-state index >= 15 is 0 Å². The number of hydrogen-bond acceptors (Lipinski definition) is 6. The third kappa shape index (κ3) is 4.98. The number of esters is 1. The Labute approximate surface area is 202 Å². The van der Waals surface area contributed by atoms with E-state index in [-0.39, 0.29) is 11.5 Å². The molecule has 0 spiro atoms. The molecule has 34 heavy (non-hydrogen) atoms. The van der Waals surface area contributed by atoms with Crippen molar-refractivity contribution in [1.82, 2.24) is 4.90 Å². The molecule has 0 bridgehead atoms. The Balaban J connectivity index is 1.48. The number of ether oxygens (including phenoxy) is 1. The van der Waals surface area contributed by atoms with Gasteiger partial charge in [-0.15, -0.1) is 0 Å². The van der Waals surface area contributed by atoms with E-state index in [0.29, 0.717) is 53.8 Å². The zero-order valence-electron chi connectivity index (χ0n) is 18.5. The number of methoxy groups -OCH3 is 1. The molecule has 1 aliphatic heterocycles. The molecule has 8 heteroatoms. The first kappa shape index (κ1) is 23.1. The van der Waals surface area contributed by atoms with E-state index in [0.717, 1.165) is 5.69 Å². The lowest BCUT2D eigenvalue weighted by molar-refractivity contribution is -0.126. The van der Waals surface area contributed by atoms with Gasteiger partial charge in [0.15, 0.2) is 0 Å². The van der Waals surface area contributed by atoms with Crippen LogP contribution in [0.4, 0.5) is 5.69 Å². The van der Waals surface area contributed by atoms with Crippen molar-refractivity contribution in [3.8, 4) is 17.4 Å². The van der Waals surface area contributed by atoms with Crippen molar-refractivity contribution in [2.45, 2.75) is 0 Å². The molecule has 1 fully saturated rings.